The molecule has 5 nitrogen and oxygen atoms in total. The van der Waals surface area contributed by atoms with Crippen LogP contribution in [0.3, 0.4) is 0 Å². The summed E-state index contributed by atoms with van der Waals surface area (Å²) in [6, 6.07) is 18.7. The van der Waals surface area contributed by atoms with Crippen molar-refractivity contribution in [2.45, 2.75) is 38.6 Å². The molecule has 1 amide bonds. The molecule has 0 saturated carbocycles. The smallest absolute Gasteiger partial charge is 0.224 e. The molecule has 1 atom stereocenters. The molecular weight excluding hydrogens is 475 g/mol. The number of carbonyl (C=O) groups is 1. The van der Waals surface area contributed by atoms with E-state index in [0.29, 0.717) is 18.9 Å². The third kappa shape index (κ3) is 6.73. The Hall–Kier alpha value is -2.09. The maximum atomic E-state index is 11.7. The highest BCUT2D eigenvalue weighted by molar-refractivity contribution is 14.0. The van der Waals surface area contributed by atoms with Crippen LogP contribution < -0.4 is 10.6 Å². The second kappa shape index (κ2) is 11.8. The number of likely N-dealkylation sites (tertiary alicyclic amines) is 1. The number of guanidine groups is 1. The zero-order chi connectivity index (χ0) is 19.8. The van der Waals surface area contributed by atoms with Crippen LogP contribution in [-0.2, 0) is 11.3 Å². The van der Waals surface area contributed by atoms with Crippen LogP contribution in [0.5, 0.6) is 0 Å². The van der Waals surface area contributed by atoms with Gasteiger partial charge in [0.1, 0.15) is 0 Å². The Morgan fingerprint density at radius 3 is 2.52 bits per heavy atom. The number of aliphatic imine (C=N–C) groups is 1. The Bertz CT molecular complexity index is 792. The lowest BCUT2D eigenvalue weighted by molar-refractivity contribution is -0.116. The van der Waals surface area contributed by atoms with E-state index in [1.54, 1.807) is 0 Å². The molecule has 6 heteroatoms. The van der Waals surface area contributed by atoms with Gasteiger partial charge in [-0.05, 0) is 36.1 Å². The van der Waals surface area contributed by atoms with Crippen LogP contribution in [0.4, 0.5) is 5.69 Å². The summed E-state index contributed by atoms with van der Waals surface area (Å²) in [7, 11) is 1.84. The molecule has 0 spiro atoms. The van der Waals surface area contributed by atoms with Gasteiger partial charge >= 0.3 is 0 Å². The SMILES string of the molecule is CCCC(=O)Nc1ccc(CNC(=NC)N2CCC(c3ccccc3)C2)cc1.I. The highest BCUT2D eigenvalue weighted by Gasteiger charge is 2.25. The molecule has 156 valence electrons. The number of halogens is 1. The third-order valence-electron chi connectivity index (χ3n) is 5.14. The molecule has 1 aliphatic heterocycles. The van der Waals surface area contributed by atoms with Crippen molar-refractivity contribution in [2.75, 3.05) is 25.5 Å². The first-order chi connectivity index (χ1) is 13.7. The van der Waals surface area contributed by atoms with Crippen molar-refractivity contribution in [3.05, 3.63) is 65.7 Å². The van der Waals surface area contributed by atoms with Crippen molar-refractivity contribution >= 4 is 41.5 Å². The highest BCUT2D eigenvalue weighted by atomic mass is 127. The molecule has 2 aromatic rings. The Morgan fingerprint density at radius 2 is 1.86 bits per heavy atom. The quantitative estimate of drug-likeness (QED) is 0.342. The summed E-state index contributed by atoms with van der Waals surface area (Å²) in [4.78, 5) is 18.5. The fraction of sp³-hybridized carbons (Fsp3) is 0.391. The van der Waals surface area contributed by atoms with Crippen molar-refractivity contribution in [2.24, 2.45) is 4.99 Å². The van der Waals surface area contributed by atoms with E-state index in [-0.39, 0.29) is 29.9 Å². The van der Waals surface area contributed by atoms with Crippen molar-refractivity contribution < 1.29 is 4.79 Å². The van der Waals surface area contributed by atoms with E-state index in [2.05, 4.69) is 50.9 Å². The predicted octanol–water partition coefficient (Wildman–Crippen LogP) is 4.61. The van der Waals surface area contributed by atoms with Gasteiger partial charge in [0.25, 0.3) is 0 Å². The minimum Gasteiger partial charge on any atom is -0.352 e. The van der Waals surface area contributed by atoms with Gasteiger partial charge in [0.2, 0.25) is 5.91 Å². The van der Waals surface area contributed by atoms with Gasteiger partial charge in [-0.1, -0.05) is 49.4 Å². The van der Waals surface area contributed by atoms with Crippen molar-refractivity contribution in [3.8, 4) is 0 Å². The van der Waals surface area contributed by atoms with E-state index in [9.17, 15) is 4.79 Å². The number of nitrogens with one attached hydrogen (secondary N) is 2. The summed E-state index contributed by atoms with van der Waals surface area (Å²) in [5.74, 6) is 1.57. The standard InChI is InChI=1S/C23H30N4O.HI/c1-3-7-22(28)26-21-12-10-18(11-13-21)16-25-23(24-2)27-15-14-20(17-27)19-8-5-4-6-9-19;/h4-6,8-13,20H,3,7,14-17H2,1-2H3,(H,24,25)(H,26,28);1H. The van der Waals surface area contributed by atoms with E-state index in [1.807, 2.05) is 38.2 Å². The summed E-state index contributed by atoms with van der Waals surface area (Å²) in [6.45, 7) is 4.72. The molecule has 1 aliphatic rings. The maximum absolute atomic E-state index is 11.7. The number of anilines is 1. The maximum Gasteiger partial charge on any atom is 0.224 e. The summed E-state index contributed by atoms with van der Waals surface area (Å²) in [5, 5.41) is 6.39. The van der Waals surface area contributed by atoms with Gasteiger partial charge in [-0.2, -0.15) is 0 Å². The average molecular weight is 506 g/mol. The lowest BCUT2D eigenvalue weighted by Gasteiger charge is -2.22. The van der Waals surface area contributed by atoms with Crippen LogP contribution in [0.25, 0.3) is 0 Å². The molecule has 29 heavy (non-hydrogen) atoms. The zero-order valence-corrected chi connectivity index (χ0v) is 19.6. The molecule has 0 aliphatic carbocycles. The summed E-state index contributed by atoms with van der Waals surface area (Å²) in [6.07, 6.45) is 2.56. The van der Waals surface area contributed by atoms with E-state index in [1.165, 1.54) is 5.56 Å². The Morgan fingerprint density at radius 1 is 1.14 bits per heavy atom. The van der Waals surface area contributed by atoms with E-state index < -0.39 is 0 Å². The largest absolute Gasteiger partial charge is 0.352 e. The molecule has 1 heterocycles. The number of hydrogen-bond donors (Lipinski definition) is 2. The number of benzene rings is 2. The first-order valence-electron chi connectivity index (χ1n) is 10.1. The van der Waals surface area contributed by atoms with Gasteiger partial charge in [0, 0.05) is 44.7 Å². The highest BCUT2D eigenvalue weighted by Crippen LogP contribution is 2.26. The number of rotatable bonds is 6. The van der Waals surface area contributed by atoms with Crippen LogP contribution in [0.1, 0.15) is 43.2 Å². The Labute approximate surface area is 191 Å². The lowest BCUT2D eigenvalue weighted by Crippen LogP contribution is -2.39. The van der Waals surface area contributed by atoms with E-state index in [4.69, 9.17) is 0 Å². The first-order valence-corrected chi connectivity index (χ1v) is 10.1. The monoisotopic (exact) mass is 506 g/mol. The van der Waals surface area contributed by atoms with E-state index >= 15 is 0 Å². The van der Waals surface area contributed by atoms with Crippen LogP contribution in [0.15, 0.2) is 59.6 Å². The average Bonchev–Trinajstić information content (AvgIpc) is 3.21. The second-order valence-corrected chi connectivity index (χ2v) is 7.24. The molecule has 1 fully saturated rings. The molecule has 1 saturated heterocycles. The van der Waals surface area contributed by atoms with Gasteiger partial charge in [0.05, 0.1) is 0 Å². The van der Waals surface area contributed by atoms with Crippen LogP contribution in [-0.4, -0.2) is 36.9 Å². The second-order valence-electron chi connectivity index (χ2n) is 7.24. The third-order valence-corrected chi connectivity index (χ3v) is 5.14. The minimum atomic E-state index is 0. The number of amides is 1. The van der Waals surface area contributed by atoms with Crippen LogP contribution >= 0.6 is 24.0 Å². The van der Waals surface area contributed by atoms with Gasteiger partial charge < -0.3 is 15.5 Å². The molecule has 3 rings (SSSR count). The number of nitrogens with zero attached hydrogens (tertiary/aromatic N) is 2. The fourth-order valence-electron chi connectivity index (χ4n) is 3.62. The predicted molar refractivity (Wildman–Crippen MR) is 131 cm³/mol. The lowest BCUT2D eigenvalue weighted by atomic mass is 9.99. The molecular formula is C23H31IN4O. The number of carbonyl (C=O) groups excluding carboxylic acids is 1. The fourth-order valence-corrected chi connectivity index (χ4v) is 3.62. The normalized spacial score (nSPS) is 16.3. The van der Waals surface area contributed by atoms with Gasteiger partial charge in [-0.25, -0.2) is 0 Å². The van der Waals surface area contributed by atoms with Crippen molar-refractivity contribution in [1.82, 2.24) is 10.2 Å². The molecule has 0 radical (unpaired) electrons. The summed E-state index contributed by atoms with van der Waals surface area (Å²) < 4.78 is 0. The molecule has 0 aromatic heterocycles. The minimum absolute atomic E-state index is 0. The number of hydrogen-bond acceptors (Lipinski definition) is 2. The Balaban J connectivity index is 0.00000300. The first kappa shape index (κ1) is 23.2. The van der Waals surface area contributed by atoms with Crippen LogP contribution in [0.2, 0.25) is 0 Å². The molecule has 2 aromatic carbocycles. The van der Waals surface area contributed by atoms with Gasteiger partial charge in [0.15, 0.2) is 5.96 Å². The molecule has 0 bridgehead atoms. The molecule has 2 N–H and O–H groups in total. The topological polar surface area (TPSA) is 56.7 Å². The van der Waals surface area contributed by atoms with Gasteiger partial charge in [-0.3, -0.25) is 9.79 Å². The van der Waals surface area contributed by atoms with Gasteiger partial charge in [-0.15, -0.1) is 24.0 Å². The zero-order valence-electron chi connectivity index (χ0n) is 17.2. The summed E-state index contributed by atoms with van der Waals surface area (Å²) in [5.41, 5.74) is 3.41. The Kier molecular flexibility index (Phi) is 9.44. The van der Waals surface area contributed by atoms with Crippen molar-refractivity contribution in [1.29, 1.82) is 0 Å². The van der Waals surface area contributed by atoms with Crippen LogP contribution in [0, 0.1) is 0 Å². The van der Waals surface area contributed by atoms with Crippen molar-refractivity contribution in [3.63, 3.8) is 0 Å². The summed E-state index contributed by atoms with van der Waals surface area (Å²) >= 11 is 0. The van der Waals surface area contributed by atoms with E-state index in [0.717, 1.165) is 43.1 Å². The molecule has 1 unspecified atom stereocenters.